The summed E-state index contributed by atoms with van der Waals surface area (Å²) in [4.78, 5) is 4.00. The van der Waals surface area contributed by atoms with Crippen LogP contribution in [0.2, 0.25) is 0 Å². The molecule has 4 N–H and O–H groups in total. The minimum absolute atomic E-state index is 0.479. The van der Waals surface area contributed by atoms with Crippen molar-refractivity contribution < 1.29 is 0 Å². The Bertz CT molecular complexity index is 194. The number of guanidine groups is 1. The van der Waals surface area contributed by atoms with Gasteiger partial charge >= 0.3 is 0 Å². The van der Waals surface area contributed by atoms with Crippen LogP contribution in [0.25, 0.3) is 0 Å². The van der Waals surface area contributed by atoms with Crippen LogP contribution in [0.3, 0.4) is 0 Å². The van der Waals surface area contributed by atoms with Gasteiger partial charge in [0, 0.05) is 13.6 Å². The number of hydrogen-bond donors (Lipinski definition) is 3. The van der Waals surface area contributed by atoms with Gasteiger partial charge in [0.05, 0.1) is 0 Å². The monoisotopic (exact) mass is 198 g/mol. The van der Waals surface area contributed by atoms with E-state index in [1.54, 1.807) is 7.05 Å². The van der Waals surface area contributed by atoms with Crippen LogP contribution < -0.4 is 16.6 Å². The molecule has 0 aromatic carbocycles. The number of hydrazine groups is 1. The van der Waals surface area contributed by atoms with E-state index in [1.165, 1.54) is 32.1 Å². The van der Waals surface area contributed by atoms with Crippen molar-refractivity contribution in [2.45, 2.75) is 39.0 Å². The molecule has 0 unspecified atom stereocenters. The molecule has 4 heteroatoms. The van der Waals surface area contributed by atoms with Crippen LogP contribution in [-0.4, -0.2) is 19.6 Å². The first-order chi connectivity index (χ1) is 6.76. The number of nitrogens with one attached hydrogen (secondary N) is 2. The Labute approximate surface area is 86.3 Å². The highest BCUT2D eigenvalue weighted by molar-refractivity contribution is 5.78. The molecule has 0 aromatic rings. The van der Waals surface area contributed by atoms with Gasteiger partial charge < -0.3 is 5.32 Å². The Balaban J connectivity index is 2.41. The summed E-state index contributed by atoms with van der Waals surface area (Å²) in [6.07, 6.45) is 6.63. The molecule has 0 radical (unpaired) electrons. The third-order valence-electron chi connectivity index (χ3n) is 3.41. The number of nitrogens with two attached hydrogens (primary N) is 1. The van der Waals surface area contributed by atoms with Gasteiger partial charge in [0.2, 0.25) is 5.96 Å². The van der Waals surface area contributed by atoms with Gasteiger partial charge in [-0.2, -0.15) is 0 Å². The zero-order chi connectivity index (χ0) is 10.4. The first-order valence-electron chi connectivity index (χ1n) is 5.43. The third kappa shape index (κ3) is 2.61. The van der Waals surface area contributed by atoms with Gasteiger partial charge in [0.15, 0.2) is 0 Å². The molecule has 0 saturated heterocycles. The second kappa shape index (κ2) is 5.20. The van der Waals surface area contributed by atoms with E-state index < -0.39 is 0 Å². The van der Waals surface area contributed by atoms with Crippen molar-refractivity contribution in [3.63, 3.8) is 0 Å². The molecule has 0 bridgehead atoms. The SMILES string of the molecule is CCC1(CNC(=NC)NN)CCCC1. The zero-order valence-corrected chi connectivity index (χ0v) is 9.27. The predicted octanol–water partition coefficient (Wildman–Crippen LogP) is 0.995. The van der Waals surface area contributed by atoms with E-state index in [2.05, 4.69) is 22.7 Å². The van der Waals surface area contributed by atoms with E-state index in [-0.39, 0.29) is 0 Å². The van der Waals surface area contributed by atoms with Gasteiger partial charge in [0.25, 0.3) is 0 Å². The number of hydrogen-bond acceptors (Lipinski definition) is 2. The van der Waals surface area contributed by atoms with Crippen LogP contribution >= 0.6 is 0 Å². The van der Waals surface area contributed by atoms with Crippen molar-refractivity contribution in [1.82, 2.24) is 10.7 Å². The Morgan fingerprint density at radius 3 is 2.50 bits per heavy atom. The Morgan fingerprint density at radius 2 is 2.07 bits per heavy atom. The second-order valence-electron chi connectivity index (χ2n) is 4.13. The molecule has 4 nitrogen and oxygen atoms in total. The van der Waals surface area contributed by atoms with Crippen molar-refractivity contribution in [2.24, 2.45) is 16.3 Å². The average Bonchev–Trinajstić information content (AvgIpc) is 2.69. The third-order valence-corrected chi connectivity index (χ3v) is 3.41. The maximum absolute atomic E-state index is 5.31. The Hall–Kier alpha value is -0.770. The van der Waals surface area contributed by atoms with Gasteiger partial charge in [-0.1, -0.05) is 19.8 Å². The molecule has 1 rings (SSSR count). The van der Waals surface area contributed by atoms with Gasteiger partial charge in [-0.3, -0.25) is 10.4 Å². The summed E-state index contributed by atoms with van der Waals surface area (Å²) in [5, 5.41) is 3.27. The van der Waals surface area contributed by atoms with E-state index in [9.17, 15) is 0 Å². The fraction of sp³-hybridized carbons (Fsp3) is 0.900. The highest BCUT2D eigenvalue weighted by Gasteiger charge is 2.31. The zero-order valence-electron chi connectivity index (χ0n) is 9.27. The van der Waals surface area contributed by atoms with Crippen molar-refractivity contribution in [1.29, 1.82) is 0 Å². The lowest BCUT2D eigenvalue weighted by Gasteiger charge is -2.28. The molecule has 0 aromatic heterocycles. The largest absolute Gasteiger partial charge is 0.355 e. The van der Waals surface area contributed by atoms with Crippen LogP contribution in [-0.2, 0) is 0 Å². The van der Waals surface area contributed by atoms with E-state index in [4.69, 9.17) is 5.84 Å². The van der Waals surface area contributed by atoms with Gasteiger partial charge in [0.1, 0.15) is 0 Å². The Kier molecular flexibility index (Phi) is 4.20. The lowest BCUT2D eigenvalue weighted by molar-refractivity contribution is 0.283. The molecule has 0 aliphatic heterocycles. The highest BCUT2D eigenvalue weighted by Crippen LogP contribution is 2.40. The summed E-state index contributed by atoms with van der Waals surface area (Å²) in [6.45, 7) is 3.26. The molecule has 1 aliphatic rings. The summed E-state index contributed by atoms with van der Waals surface area (Å²) in [6, 6.07) is 0. The normalized spacial score (nSPS) is 20.9. The minimum Gasteiger partial charge on any atom is -0.355 e. The molecule has 14 heavy (non-hydrogen) atoms. The van der Waals surface area contributed by atoms with E-state index in [1.807, 2.05) is 0 Å². The number of rotatable bonds is 3. The maximum Gasteiger partial charge on any atom is 0.205 e. The molecule has 0 atom stereocenters. The average molecular weight is 198 g/mol. The van der Waals surface area contributed by atoms with Gasteiger partial charge in [-0.05, 0) is 24.7 Å². The fourth-order valence-electron chi connectivity index (χ4n) is 2.25. The summed E-state index contributed by atoms with van der Waals surface area (Å²) in [7, 11) is 1.73. The van der Waals surface area contributed by atoms with Crippen molar-refractivity contribution in [2.75, 3.05) is 13.6 Å². The number of aliphatic imine (C=N–C) groups is 1. The van der Waals surface area contributed by atoms with Gasteiger partial charge in [-0.15, -0.1) is 0 Å². The topological polar surface area (TPSA) is 62.4 Å². The highest BCUT2D eigenvalue weighted by atomic mass is 15.3. The second-order valence-corrected chi connectivity index (χ2v) is 4.13. The molecule has 1 fully saturated rings. The Morgan fingerprint density at radius 1 is 1.43 bits per heavy atom. The first kappa shape index (κ1) is 11.3. The quantitative estimate of drug-likeness (QED) is 0.274. The van der Waals surface area contributed by atoms with E-state index in [0.717, 1.165) is 6.54 Å². The molecular formula is C10H22N4. The van der Waals surface area contributed by atoms with Gasteiger partial charge in [-0.25, -0.2) is 5.84 Å². The molecule has 1 aliphatic carbocycles. The summed E-state index contributed by atoms with van der Waals surface area (Å²) >= 11 is 0. The maximum atomic E-state index is 5.31. The summed E-state index contributed by atoms with van der Waals surface area (Å²) < 4.78 is 0. The minimum atomic E-state index is 0.479. The smallest absolute Gasteiger partial charge is 0.205 e. The fourth-order valence-corrected chi connectivity index (χ4v) is 2.25. The van der Waals surface area contributed by atoms with Crippen molar-refractivity contribution in [3.8, 4) is 0 Å². The van der Waals surface area contributed by atoms with Crippen molar-refractivity contribution in [3.05, 3.63) is 0 Å². The van der Waals surface area contributed by atoms with Crippen LogP contribution in [0.4, 0.5) is 0 Å². The standard InChI is InChI=1S/C10H22N4/c1-3-10(6-4-5-7-10)8-13-9(12-2)14-11/h3-8,11H2,1-2H3,(H2,12,13,14). The van der Waals surface area contributed by atoms with E-state index >= 15 is 0 Å². The summed E-state index contributed by atoms with van der Waals surface area (Å²) in [5.74, 6) is 5.99. The van der Waals surface area contributed by atoms with E-state index in [0.29, 0.717) is 11.4 Å². The first-order valence-corrected chi connectivity index (χ1v) is 5.43. The van der Waals surface area contributed by atoms with Crippen LogP contribution in [0.5, 0.6) is 0 Å². The molecule has 0 spiro atoms. The van der Waals surface area contributed by atoms with Crippen LogP contribution in [0, 0.1) is 5.41 Å². The summed E-state index contributed by atoms with van der Waals surface area (Å²) in [5.41, 5.74) is 3.03. The van der Waals surface area contributed by atoms with Crippen LogP contribution in [0.15, 0.2) is 4.99 Å². The lowest BCUT2D eigenvalue weighted by Crippen LogP contribution is -2.45. The lowest BCUT2D eigenvalue weighted by atomic mass is 9.83. The van der Waals surface area contributed by atoms with Crippen molar-refractivity contribution >= 4 is 5.96 Å². The molecule has 1 saturated carbocycles. The van der Waals surface area contributed by atoms with Crippen LogP contribution in [0.1, 0.15) is 39.0 Å². The predicted molar refractivity (Wildman–Crippen MR) is 59.9 cm³/mol. The molecule has 0 amide bonds. The molecule has 82 valence electrons. The molecular weight excluding hydrogens is 176 g/mol. The molecule has 0 heterocycles. The number of nitrogens with zero attached hydrogens (tertiary/aromatic N) is 1.